The second-order valence-corrected chi connectivity index (χ2v) is 4.18. The van der Waals surface area contributed by atoms with Gasteiger partial charge in [-0.05, 0) is 44.6 Å². The van der Waals surface area contributed by atoms with E-state index in [9.17, 15) is 8.78 Å². The molecule has 0 atom stereocenters. The van der Waals surface area contributed by atoms with E-state index in [1.165, 1.54) is 6.07 Å². The number of hydrogen-bond donors (Lipinski definition) is 1. The molecule has 0 aliphatic heterocycles. The number of nitrogens with zero attached hydrogens (tertiary/aromatic N) is 1. The first-order valence-corrected chi connectivity index (χ1v) is 5.26. The minimum atomic E-state index is -2.50. The summed E-state index contributed by atoms with van der Waals surface area (Å²) in [6.07, 6.45) is -2.50. The smallest absolute Gasteiger partial charge is 0.266 e. The summed E-state index contributed by atoms with van der Waals surface area (Å²) in [5.74, 6) is 0. The van der Waals surface area contributed by atoms with Crippen molar-refractivity contribution in [1.29, 1.82) is 0 Å². The third-order valence-electron chi connectivity index (χ3n) is 1.46. The molecule has 13 heavy (non-hydrogen) atoms. The summed E-state index contributed by atoms with van der Waals surface area (Å²) in [5, 5.41) is 0. The van der Waals surface area contributed by atoms with Crippen molar-refractivity contribution in [3.8, 4) is 0 Å². The van der Waals surface area contributed by atoms with E-state index in [1.54, 1.807) is 22.6 Å². The van der Waals surface area contributed by atoms with E-state index in [-0.39, 0.29) is 12.1 Å². The number of aromatic nitrogens is 1. The molecule has 0 unspecified atom stereocenters. The lowest BCUT2D eigenvalue weighted by Crippen LogP contribution is -2.04. The summed E-state index contributed by atoms with van der Waals surface area (Å²) in [5.41, 5.74) is 5.89. The van der Waals surface area contributed by atoms with Crippen molar-refractivity contribution in [2.24, 2.45) is 5.73 Å². The molecule has 0 saturated heterocycles. The van der Waals surface area contributed by atoms with Crippen LogP contribution < -0.4 is 5.73 Å². The van der Waals surface area contributed by atoms with Crippen LogP contribution in [0, 0.1) is 3.70 Å². The number of alkyl halides is 2. The first-order valence-electron chi connectivity index (χ1n) is 3.39. The van der Waals surface area contributed by atoms with Gasteiger partial charge < -0.3 is 5.73 Å². The molecule has 0 fully saturated rings. The number of halogens is 4. The molecule has 0 radical (unpaired) electrons. The van der Waals surface area contributed by atoms with Gasteiger partial charge in [0, 0.05) is 11.0 Å². The zero-order chi connectivity index (χ0) is 10.0. The molecule has 2 N–H and O–H groups in total. The summed E-state index contributed by atoms with van der Waals surface area (Å²) >= 11 is 4.90. The molecular formula is C7H6BrF2IN2. The van der Waals surface area contributed by atoms with E-state index in [4.69, 9.17) is 5.73 Å². The monoisotopic (exact) mass is 362 g/mol. The molecular weight excluding hydrogens is 357 g/mol. The van der Waals surface area contributed by atoms with Gasteiger partial charge in [-0.1, -0.05) is 0 Å². The molecule has 0 aliphatic carbocycles. The van der Waals surface area contributed by atoms with Crippen LogP contribution in [0.3, 0.4) is 0 Å². The first kappa shape index (κ1) is 11.3. The Kier molecular flexibility index (Phi) is 3.99. The molecule has 2 nitrogen and oxygen atoms in total. The van der Waals surface area contributed by atoms with Crippen molar-refractivity contribution in [1.82, 2.24) is 4.98 Å². The molecule has 0 aliphatic rings. The second-order valence-electron chi connectivity index (χ2n) is 2.30. The molecule has 1 aromatic heterocycles. The van der Waals surface area contributed by atoms with Crippen LogP contribution in [0.25, 0.3) is 0 Å². The van der Waals surface area contributed by atoms with E-state index in [0.717, 1.165) is 0 Å². The highest BCUT2D eigenvalue weighted by Crippen LogP contribution is 2.27. The van der Waals surface area contributed by atoms with Gasteiger partial charge in [0.05, 0.1) is 11.3 Å². The first-order chi connectivity index (χ1) is 6.06. The fourth-order valence-corrected chi connectivity index (χ4v) is 1.99. The summed E-state index contributed by atoms with van der Waals surface area (Å²) in [4.78, 5) is 3.95. The van der Waals surface area contributed by atoms with Crippen LogP contribution in [0.2, 0.25) is 0 Å². The maximum atomic E-state index is 12.3. The maximum Gasteiger partial charge on any atom is 0.266 e. The van der Waals surface area contributed by atoms with Gasteiger partial charge in [0.15, 0.2) is 0 Å². The highest BCUT2D eigenvalue weighted by atomic mass is 127. The molecule has 1 aromatic rings. The average molecular weight is 363 g/mol. The topological polar surface area (TPSA) is 38.9 Å². The molecule has 72 valence electrons. The van der Waals surface area contributed by atoms with Gasteiger partial charge in [-0.3, -0.25) is 0 Å². The van der Waals surface area contributed by atoms with E-state index >= 15 is 0 Å². The SMILES string of the molecule is NCc1nc(I)c(C(F)F)cc1Br. The zero-order valence-electron chi connectivity index (χ0n) is 6.40. The molecule has 1 rings (SSSR count). The summed E-state index contributed by atoms with van der Waals surface area (Å²) in [6.45, 7) is 0.236. The van der Waals surface area contributed by atoms with Crippen molar-refractivity contribution in [2.75, 3.05) is 0 Å². The van der Waals surface area contributed by atoms with Crippen LogP contribution >= 0.6 is 38.5 Å². The molecule has 1 heterocycles. The predicted octanol–water partition coefficient (Wildman–Crippen LogP) is 2.85. The largest absolute Gasteiger partial charge is 0.325 e. The van der Waals surface area contributed by atoms with Gasteiger partial charge >= 0.3 is 0 Å². The van der Waals surface area contributed by atoms with E-state index < -0.39 is 6.43 Å². The summed E-state index contributed by atoms with van der Waals surface area (Å²) < 4.78 is 25.5. The maximum absolute atomic E-state index is 12.3. The Labute approximate surface area is 96.2 Å². The van der Waals surface area contributed by atoms with Crippen molar-refractivity contribution in [3.63, 3.8) is 0 Å². The lowest BCUT2D eigenvalue weighted by atomic mass is 10.2. The van der Waals surface area contributed by atoms with Crippen molar-refractivity contribution < 1.29 is 8.78 Å². The fourth-order valence-electron chi connectivity index (χ4n) is 0.812. The predicted molar refractivity (Wildman–Crippen MR) is 57.5 cm³/mol. The number of nitrogens with two attached hydrogens (primary N) is 1. The van der Waals surface area contributed by atoms with Crippen LogP contribution in [-0.4, -0.2) is 4.98 Å². The highest BCUT2D eigenvalue weighted by molar-refractivity contribution is 14.1. The van der Waals surface area contributed by atoms with Gasteiger partial charge in [-0.25, -0.2) is 13.8 Å². The summed E-state index contributed by atoms with van der Waals surface area (Å²) in [7, 11) is 0. The fraction of sp³-hybridized carbons (Fsp3) is 0.286. The molecule has 0 spiro atoms. The minimum absolute atomic E-state index is 0.0651. The zero-order valence-corrected chi connectivity index (χ0v) is 10.1. The molecule has 0 bridgehead atoms. The Hall–Kier alpha value is 0.180. The lowest BCUT2D eigenvalue weighted by Gasteiger charge is -2.06. The molecule has 0 saturated carbocycles. The van der Waals surface area contributed by atoms with Gasteiger partial charge in [-0.2, -0.15) is 0 Å². The average Bonchev–Trinajstić information content (AvgIpc) is 2.07. The normalized spacial score (nSPS) is 10.9. The number of pyridine rings is 1. The number of rotatable bonds is 2. The van der Waals surface area contributed by atoms with Crippen molar-refractivity contribution in [3.05, 3.63) is 25.5 Å². The Bertz CT molecular complexity index is 320. The van der Waals surface area contributed by atoms with Crippen molar-refractivity contribution >= 4 is 38.5 Å². The third-order valence-corrected chi connectivity index (χ3v) is 3.01. The van der Waals surface area contributed by atoms with Gasteiger partial charge in [0.25, 0.3) is 6.43 Å². The second kappa shape index (κ2) is 4.61. The Morgan fingerprint density at radius 2 is 2.23 bits per heavy atom. The van der Waals surface area contributed by atoms with E-state index in [0.29, 0.717) is 13.9 Å². The van der Waals surface area contributed by atoms with Crippen LogP contribution in [0.15, 0.2) is 10.5 Å². The quantitative estimate of drug-likeness (QED) is 0.649. The lowest BCUT2D eigenvalue weighted by molar-refractivity contribution is 0.149. The van der Waals surface area contributed by atoms with Crippen LogP contribution in [-0.2, 0) is 6.54 Å². The van der Waals surface area contributed by atoms with Crippen LogP contribution in [0.1, 0.15) is 17.7 Å². The Morgan fingerprint density at radius 1 is 1.62 bits per heavy atom. The van der Waals surface area contributed by atoms with Gasteiger partial charge in [-0.15, -0.1) is 0 Å². The van der Waals surface area contributed by atoms with E-state index in [2.05, 4.69) is 20.9 Å². The molecule has 0 aromatic carbocycles. The van der Waals surface area contributed by atoms with Gasteiger partial charge in [0.2, 0.25) is 0 Å². The van der Waals surface area contributed by atoms with Gasteiger partial charge in [0.1, 0.15) is 3.70 Å². The summed E-state index contributed by atoms with van der Waals surface area (Å²) in [6, 6.07) is 1.36. The highest BCUT2D eigenvalue weighted by Gasteiger charge is 2.15. The third kappa shape index (κ3) is 2.57. The Morgan fingerprint density at radius 3 is 2.69 bits per heavy atom. The van der Waals surface area contributed by atoms with Crippen LogP contribution in [0.5, 0.6) is 0 Å². The molecule has 6 heteroatoms. The molecule has 0 amide bonds. The van der Waals surface area contributed by atoms with Crippen molar-refractivity contribution in [2.45, 2.75) is 13.0 Å². The van der Waals surface area contributed by atoms with Crippen LogP contribution in [0.4, 0.5) is 8.78 Å². The minimum Gasteiger partial charge on any atom is -0.325 e. The van der Waals surface area contributed by atoms with E-state index in [1.807, 2.05) is 0 Å². The standard InChI is InChI=1S/C7H6BrF2IN2/c8-4-1-3(6(9)10)7(11)13-5(4)2-12/h1,6H,2,12H2. The Balaban J connectivity index is 3.20. The number of hydrogen-bond acceptors (Lipinski definition) is 2.